The number of alkyl halides is 3. The van der Waals surface area contributed by atoms with Crippen LogP contribution in [0.25, 0.3) is 22.1 Å². The molecule has 1 fully saturated rings. The highest BCUT2D eigenvalue weighted by Gasteiger charge is 2.40. The van der Waals surface area contributed by atoms with Crippen molar-refractivity contribution in [3.63, 3.8) is 0 Å². The number of nitrogens with zero attached hydrogens (tertiary/aromatic N) is 3. The van der Waals surface area contributed by atoms with Crippen molar-refractivity contribution in [2.75, 3.05) is 13.1 Å². The molecule has 0 saturated carbocycles. The van der Waals surface area contributed by atoms with E-state index in [2.05, 4.69) is 4.98 Å². The molecule has 1 aromatic carbocycles. The molecule has 0 N–H and O–H groups in total. The van der Waals surface area contributed by atoms with Gasteiger partial charge in [0.15, 0.2) is 0 Å². The molecular weight excluding hydrogens is 339 g/mol. The van der Waals surface area contributed by atoms with Crippen LogP contribution >= 0.6 is 0 Å². The Hall–Kier alpha value is -2.84. The van der Waals surface area contributed by atoms with Gasteiger partial charge in [-0.2, -0.15) is 13.2 Å². The lowest BCUT2D eigenvalue weighted by atomic mass is 10.2. The van der Waals surface area contributed by atoms with Gasteiger partial charge in [0, 0.05) is 11.9 Å². The fraction of sp³-hybridized carbons (Fsp3) is 0.312. The molecule has 3 aromatic rings. The second-order valence-electron chi connectivity index (χ2n) is 5.91. The van der Waals surface area contributed by atoms with E-state index >= 15 is 0 Å². The van der Waals surface area contributed by atoms with E-state index in [0.29, 0.717) is 21.4 Å². The Morgan fingerprint density at radius 3 is 2.76 bits per heavy atom. The first-order valence-electron chi connectivity index (χ1n) is 7.59. The maximum atomic E-state index is 12.7. The molecule has 1 amide bonds. The molecule has 1 unspecified atom stereocenters. The van der Waals surface area contributed by atoms with Crippen molar-refractivity contribution in [1.29, 1.82) is 0 Å². The summed E-state index contributed by atoms with van der Waals surface area (Å²) in [6.07, 6.45) is -3.16. The Balaban J connectivity index is 1.75. The largest absolute Gasteiger partial charge is 0.448 e. The second kappa shape index (κ2) is 5.33. The molecule has 9 heteroatoms. The number of fused-ring (bicyclic) bond motifs is 3. The van der Waals surface area contributed by atoms with Crippen LogP contribution in [0, 0.1) is 0 Å². The third-order valence-electron chi connectivity index (χ3n) is 4.28. The zero-order valence-corrected chi connectivity index (χ0v) is 12.8. The Kier molecular flexibility index (Phi) is 3.34. The first-order valence-corrected chi connectivity index (χ1v) is 7.59. The Morgan fingerprint density at radius 1 is 1.24 bits per heavy atom. The fourth-order valence-electron chi connectivity index (χ4n) is 3.17. The number of furan rings is 1. The van der Waals surface area contributed by atoms with E-state index in [4.69, 9.17) is 4.42 Å². The van der Waals surface area contributed by atoms with Gasteiger partial charge in [0.05, 0.1) is 6.33 Å². The van der Waals surface area contributed by atoms with Crippen LogP contribution in [0.15, 0.2) is 39.8 Å². The lowest BCUT2D eigenvalue weighted by molar-refractivity contribution is -0.158. The van der Waals surface area contributed by atoms with Crippen molar-refractivity contribution in [2.45, 2.75) is 18.6 Å². The lowest BCUT2D eigenvalue weighted by Crippen LogP contribution is -2.38. The SMILES string of the molecule is O=C1C(n2cnc3c(oc4ccccc43)c2=O)CCN1CC(F)(F)F. The maximum Gasteiger partial charge on any atom is 0.406 e. The highest BCUT2D eigenvalue weighted by molar-refractivity contribution is 6.01. The van der Waals surface area contributed by atoms with Crippen LogP contribution < -0.4 is 5.56 Å². The van der Waals surface area contributed by atoms with Crippen molar-refractivity contribution >= 4 is 28.0 Å². The molecule has 4 rings (SSSR count). The van der Waals surface area contributed by atoms with Gasteiger partial charge in [-0.3, -0.25) is 14.2 Å². The van der Waals surface area contributed by atoms with Gasteiger partial charge in [0.25, 0.3) is 5.56 Å². The zero-order valence-electron chi connectivity index (χ0n) is 12.8. The van der Waals surface area contributed by atoms with Crippen molar-refractivity contribution in [1.82, 2.24) is 14.5 Å². The monoisotopic (exact) mass is 351 g/mol. The standard InChI is InChI=1S/C16H12F3N3O3/c17-16(18,19)7-21-6-5-10(14(21)23)22-8-20-12-9-3-1-2-4-11(9)25-13(12)15(22)24/h1-4,8,10H,5-7H2. The molecule has 0 aliphatic carbocycles. The van der Waals surface area contributed by atoms with Gasteiger partial charge in [0.1, 0.15) is 23.7 Å². The summed E-state index contributed by atoms with van der Waals surface area (Å²) >= 11 is 0. The predicted octanol–water partition coefficient (Wildman–Crippen LogP) is 2.48. The third-order valence-corrected chi connectivity index (χ3v) is 4.28. The van der Waals surface area contributed by atoms with Crippen LogP contribution in [0.1, 0.15) is 12.5 Å². The van der Waals surface area contributed by atoms with E-state index in [9.17, 15) is 22.8 Å². The smallest absolute Gasteiger partial charge is 0.406 e. The molecule has 0 bridgehead atoms. The molecule has 0 spiro atoms. The van der Waals surface area contributed by atoms with Gasteiger partial charge in [-0.15, -0.1) is 0 Å². The zero-order chi connectivity index (χ0) is 17.8. The molecule has 6 nitrogen and oxygen atoms in total. The number of halogens is 3. The van der Waals surface area contributed by atoms with E-state index in [1.54, 1.807) is 24.3 Å². The summed E-state index contributed by atoms with van der Waals surface area (Å²) in [5, 5.41) is 0.665. The molecule has 1 atom stereocenters. The summed E-state index contributed by atoms with van der Waals surface area (Å²) in [5.74, 6) is -0.739. The predicted molar refractivity (Wildman–Crippen MR) is 82.1 cm³/mol. The number of benzene rings is 1. The first kappa shape index (κ1) is 15.7. The van der Waals surface area contributed by atoms with Crippen LogP contribution in [-0.4, -0.2) is 39.6 Å². The van der Waals surface area contributed by atoms with Crippen molar-refractivity contribution < 1.29 is 22.4 Å². The van der Waals surface area contributed by atoms with Crippen molar-refractivity contribution in [3.8, 4) is 0 Å². The highest BCUT2D eigenvalue weighted by atomic mass is 19.4. The highest BCUT2D eigenvalue weighted by Crippen LogP contribution is 2.28. The fourth-order valence-corrected chi connectivity index (χ4v) is 3.17. The van der Waals surface area contributed by atoms with Crippen LogP contribution in [0.3, 0.4) is 0 Å². The van der Waals surface area contributed by atoms with E-state index < -0.39 is 30.2 Å². The van der Waals surface area contributed by atoms with Crippen LogP contribution in [-0.2, 0) is 4.79 Å². The Morgan fingerprint density at radius 2 is 2.00 bits per heavy atom. The quantitative estimate of drug-likeness (QED) is 0.711. The van der Waals surface area contributed by atoms with Gasteiger partial charge < -0.3 is 9.32 Å². The average molecular weight is 351 g/mol. The molecule has 2 aromatic heterocycles. The number of para-hydroxylation sites is 1. The number of hydrogen-bond donors (Lipinski definition) is 0. The number of hydrogen-bond acceptors (Lipinski definition) is 4. The number of likely N-dealkylation sites (tertiary alicyclic amines) is 1. The molecule has 1 aliphatic heterocycles. The van der Waals surface area contributed by atoms with Gasteiger partial charge in [-0.1, -0.05) is 12.1 Å². The maximum absolute atomic E-state index is 12.7. The summed E-state index contributed by atoms with van der Waals surface area (Å²) < 4.78 is 44.2. The Labute approximate surface area is 138 Å². The minimum atomic E-state index is -4.48. The number of aromatic nitrogens is 2. The molecule has 25 heavy (non-hydrogen) atoms. The minimum Gasteiger partial charge on any atom is -0.448 e. The normalized spacial score (nSPS) is 18.6. The third kappa shape index (κ3) is 2.55. The number of carbonyl (C=O) groups is 1. The first-order chi connectivity index (χ1) is 11.8. The molecule has 0 radical (unpaired) electrons. The molecule has 1 aliphatic rings. The number of carbonyl (C=O) groups excluding carboxylic acids is 1. The van der Waals surface area contributed by atoms with Crippen LogP contribution in [0.4, 0.5) is 13.2 Å². The van der Waals surface area contributed by atoms with Crippen molar-refractivity contribution in [3.05, 3.63) is 40.9 Å². The summed E-state index contributed by atoms with van der Waals surface area (Å²) in [6.45, 7) is -1.38. The minimum absolute atomic E-state index is 0.00855. The lowest BCUT2D eigenvalue weighted by Gasteiger charge is -2.18. The van der Waals surface area contributed by atoms with Crippen LogP contribution in [0.5, 0.6) is 0 Å². The Bertz CT molecular complexity index is 1040. The molecular formula is C16H12F3N3O3. The number of rotatable bonds is 2. The summed E-state index contributed by atoms with van der Waals surface area (Å²) in [5.41, 5.74) is 0.268. The van der Waals surface area contributed by atoms with E-state index in [0.717, 1.165) is 4.57 Å². The average Bonchev–Trinajstić information content (AvgIpc) is 3.09. The van der Waals surface area contributed by atoms with E-state index in [1.807, 2.05) is 0 Å². The topological polar surface area (TPSA) is 68.3 Å². The molecule has 1 saturated heterocycles. The van der Waals surface area contributed by atoms with Gasteiger partial charge in [-0.25, -0.2) is 4.98 Å². The molecule has 130 valence electrons. The summed E-state index contributed by atoms with van der Waals surface area (Å²) in [4.78, 5) is 29.8. The van der Waals surface area contributed by atoms with Crippen LogP contribution in [0.2, 0.25) is 0 Å². The van der Waals surface area contributed by atoms with Gasteiger partial charge in [0.2, 0.25) is 11.5 Å². The van der Waals surface area contributed by atoms with Gasteiger partial charge >= 0.3 is 6.18 Å². The van der Waals surface area contributed by atoms with Gasteiger partial charge in [-0.05, 0) is 18.6 Å². The molecule has 3 heterocycles. The summed E-state index contributed by atoms with van der Waals surface area (Å²) in [7, 11) is 0. The number of amides is 1. The second-order valence-corrected chi connectivity index (χ2v) is 5.91. The summed E-state index contributed by atoms with van der Waals surface area (Å²) in [6, 6.07) is 5.97. The van der Waals surface area contributed by atoms with Crippen molar-refractivity contribution in [2.24, 2.45) is 0 Å². The van der Waals surface area contributed by atoms with E-state index in [1.165, 1.54) is 6.33 Å². The van der Waals surface area contributed by atoms with E-state index in [-0.39, 0.29) is 18.5 Å².